The predicted octanol–water partition coefficient (Wildman–Crippen LogP) is 0.556. The Morgan fingerprint density at radius 2 is 1.44 bits per heavy atom. The van der Waals surface area contributed by atoms with E-state index in [1.54, 1.807) is 6.92 Å². The summed E-state index contributed by atoms with van der Waals surface area (Å²) in [4.78, 5) is 23.7. The minimum atomic E-state index is -0.245. The molecule has 0 aromatic rings. The van der Waals surface area contributed by atoms with E-state index in [0.29, 0.717) is 57.3 Å². The summed E-state index contributed by atoms with van der Waals surface area (Å²) in [5.41, 5.74) is 0.405. The normalized spacial score (nSPS) is 21.0. The first-order valence-electron chi connectivity index (χ1n) is 9.78. The molecule has 8 heteroatoms. The molecule has 2 unspecified atom stereocenters. The minimum absolute atomic E-state index is 0.215. The largest absolute Gasteiger partial charge is 0.379 e. The van der Waals surface area contributed by atoms with Crippen molar-refractivity contribution in [3.05, 3.63) is 11.6 Å². The SMILES string of the molecule is CC(=CC(=O)NCCCCOCC1CO1)C(=O)NCCCCOCC1CO1. The van der Waals surface area contributed by atoms with E-state index >= 15 is 0 Å². The number of carbonyl (C=O) groups excluding carboxylic acids is 2. The van der Waals surface area contributed by atoms with Crippen LogP contribution in [0.1, 0.15) is 32.6 Å². The number of unbranched alkanes of at least 4 members (excludes halogenated alkanes) is 2. The number of amides is 2. The highest BCUT2D eigenvalue weighted by Crippen LogP contribution is 2.09. The van der Waals surface area contributed by atoms with Crippen molar-refractivity contribution in [2.24, 2.45) is 0 Å². The van der Waals surface area contributed by atoms with Gasteiger partial charge in [-0.15, -0.1) is 0 Å². The van der Waals surface area contributed by atoms with E-state index < -0.39 is 0 Å². The van der Waals surface area contributed by atoms with Crippen molar-refractivity contribution in [3.8, 4) is 0 Å². The Bertz CT molecular complexity index is 489. The molecule has 2 heterocycles. The van der Waals surface area contributed by atoms with Crippen LogP contribution in [0.3, 0.4) is 0 Å². The van der Waals surface area contributed by atoms with E-state index in [0.717, 1.165) is 38.9 Å². The van der Waals surface area contributed by atoms with Crippen molar-refractivity contribution >= 4 is 11.8 Å². The molecule has 154 valence electrons. The molecule has 0 saturated carbocycles. The van der Waals surface area contributed by atoms with Gasteiger partial charge in [0.2, 0.25) is 11.8 Å². The van der Waals surface area contributed by atoms with Crippen LogP contribution in [0.15, 0.2) is 11.6 Å². The molecule has 0 radical (unpaired) electrons. The van der Waals surface area contributed by atoms with Crippen LogP contribution in [0.4, 0.5) is 0 Å². The van der Waals surface area contributed by atoms with Crippen LogP contribution in [0.25, 0.3) is 0 Å². The molecule has 0 aromatic heterocycles. The molecule has 0 spiro atoms. The van der Waals surface area contributed by atoms with Gasteiger partial charge >= 0.3 is 0 Å². The van der Waals surface area contributed by atoms with E-state index in [4.69, 9.17) is 18.9 Å². The second kappa shape index (κ2) is 12.8. The standard InChI is InChI=1S/C19H32N2O6/c1-15(19(23)21-7-3-5-9-25-12-17-14-27-17)10-18(22)20-6-2-4-8-24-11-16-13-26-16/h10,16-17H,2-9,11-14H2,1H3,(H,20,22)(H,21,23). The molecular formula is C19H32N2O6. The van der Waals surface area contributed by atoms with Crippen LogP contribution in [-0.2, 0) is 28.5 Å². The lowest BCUT2D eigenvalue weighted by Crippen LogP contribution is -2.28. The molecule has 2 aliphatic rings. The fraction of sp³-hybridized carbons (Fsp3) is 0.789. The van der Waals surface area contributed by atoms with Gasteiger partial charge in [-0.2, -0.15) is 0 Å². The van der Waals surface area contributed by atoms with Crippen LogP contribution in [-0.4, -0.2) is 76.8 Å². The number of ether oxygens (including phenoxy) is 4. The minimum Gasteiger partial charge on any atom is -0.379 e. The van der Waals surface area contributed by atoms with Crippen LogP contribution < -0.4 is 10.6 Å². The average Bonchev–Trinajstić information content (AvgIpc) is 3.54. The Balaban J connectivity index is 1.40. The van der Waals surface area contributed by atoms with Gasteiger partial charge < -0.3 is 29.6 Å². The van der Waals surface area contributed by atoms with Gasteiger partial charge in [0, 0.05) is 38.0 Å². The van der Waals surface area contributed by atoms with Crippen molar-refractivity contribution in [2.75, 3.05) is 52.7 Å². The van der Waals surface area contributed by atoms with Gasteiger partial charge in [0.25, 0.3) is 0 Å². The molecule has 0 aliphatic carbocycles. The van der Waals surface area contributed by atoms with Crippen LogP contribution in [0.2, 0.25) is 0 Å². The monoisotopic (exact) mass is 384 g/mol. The lowest BCUT2D eigenvalue weighted by Gasteiger charge is -2.07. The number of carbonyl (C=O) groups is 2. The summed E-state index contributed by atoms with van der Waals surface area (Å²) in [5.74, 6) is -0.459. The van der Waals surface area contributed by atoms with Crippen LogP contribution in [0, 0.1) is 0 Å². The fourth-order valence-electron chi connectivity index (χ4n) is 2.28. The molecule has 2 rings (SSSR count). The molecule has 2 aliphatic heterocycles. The molecule has 2 saturated heterocycles. The lowest BCUT2D eigenvalue weighted by molar-refractivity contribution is -0.119. The average molecular weight is 384 g/mol. The zero-order chi connectivity index (χ0) is 19.3. The smallest absolute Gasteiger partial charge is 0.247 e. The highest BCUT2D eigenvalue weighted by Gasteiger charge is 2.22. The maximum atomic E-state index is 11.9. The first-order valence-corrected chi connectivity index (χ1v) is 9.78. The second-order valence-electron chi connectivity index (χ2n) is 6.85. The zero-order valence-corrected chi connectivity index (χ0v) is 16.2. The van der Waals surface area contributed by atoms with Crippen molar-refractivity contribution < 1.29 is 28.5 Å². The maximum absolute atomic E-state index is 11.9. The van der Waals surface area contributed by atoms with Crippen molar-refractivity contribution in [2.45, 2.75) is 44.8 Å². The highest BCUT2D eigenvalue weighted by atomic mass is 16.6. The summed E-state index contributed by atoms with van der Waals surface area (Å²) in [6.07, 6.45) is 5.37. The van der Waals surface area contributed by atoms with Crippen molar-refractivity contribution in [1.29, 1.82) is 0 Å². The second-order valence-corrected chi connectivity index (χ2v) is 6.85. The Kier molecular flexibility index (Phi) is 10.4. The number of rotatable bonds is 16. The zero-order valence-electron chi connectivity index (χ0n) is 16.2. The summed E-state index contributed by atoms with van der Waals surface area (Å²) < 4.78 is 21.0. The summed E-state index contributed by atoms with van der Waals surface area (Å²) >= 11 is 0. The van der Waals surface area contributed by atoms with Gasteiger partial charge in [0.05, 0.1) is 26.4 Å². The summed E-state index contributed by atoms with van der Waals surface area (Å²) in [7, 11) is 0. The Morgan fingerprint density at radius 1 is 0.926 bits per heavy atom. The fourth-order valence-corrected chi connectivity index (χ4v) is 2.28. The number of hydrogen-bond donors (Lipinski definition) is 2. The number of nitrogens with one attached hydrogen (secondary N) is 2. The Hall–Kier alpha value is -1.48. The molecule has 2 N–H and O–H groups in total. The maximum Gasteiger partial charge on any atom is 0.247 e. The first-order chi connectivity index (χ1) is 13.1. The van der Waals surface area contributed by atoms with Gasteiger partial charge in [-0.05, 0) is 32.6 Å². The van der Waals surface area contributed by atoms with Crippen molar-refractivity contribution in [1.82, 2.24) is 10.6 Å². The molecule has 8 nitrogen and oxygen atoms in total. The van der Waals surface area contributed by atoms with E-state index in [1.807, 2.05) is 0 Å². The third-order valence-electron chi connectivity index (χ3n) is 4.13. The highest BCUT2D eigenvalue weighted by molar-refractivity contribution is 6.00. The third kappa shape index (κ3) is 11.8. The molecule has 27 heavy (non-hydrogen) atoms. The molecule has 0 aromatic carbocycles. The lowest BCUT2D eigenvalue weighted by atomic mass is 10.2. The van der Waals surface area contributed by atoms with Gasteiger partial charge in [-0.3, -0.25) is 9.59 Å². The summed E-state index contributed by atoms with van der Waals surface area (Å²) in [5, 5.41) is 5.59. The van der Waals surface area contributed by atoms with Gasteiger partial charge in [-0.1, -0.05) is 0 Å². The van der Waals surface area contributed by atoms with Crippen LogP contribution >= 0.6 is 0 Å². The van der Waals surface area contributed by atoms with E-state index in [2.05, 4.69) is 10.6 Å². The van der Waals surface area contributed by atoms with Gasteiger partial charge in [0.1, 0.15) is 12.2 Å². The topological polar surface area (TPSA) is 102 Å². The molecule has 2 fully saturated rings. The molecule has 2 amide bonds. The molecule has 2 atom stereocenters. The third-order valence-corrected chi connectivity index (χ3v) is 4.13. The Morgan fingerprint density at radius 3 is 1.96 bits per heavy atom. The number of hydrogen-bond acceptors (Lipinski definition) is 6. The van der Waals surface area contributed by atoms with E-state index in [1.165, 1.54) is 6.08 Å². The predicted molar refractivity (Wildman–Crippen MR) is 99.4 cm³/mol. The van der Waals surface area contributed by atoms with Gasteiger partial charge in [0.15, 0.2) is 0 Å². The van der Waals surface area contributed by atoms with Gasteiger partial charge in [-0.25, -0.2) is 0 Å². The quantitative estimate of drug-likeness (QED) is 0.229. The molecule has 0 bridgehead atoms. The van der Waals surface area contributed by atoms with Crippen LogP contribution in [0.5, 0.6) is 0 Å². The Labute approximate surface area is 160 Å². The molecular weight excluding hydrogens is 352 g/mol. The van der Waals surface area contributed by atoms with Crippen molar-refractivity contribution in [3.63, 3.8) is 0 Å². The summed E-state index contributed by atoms with van der Waals surface area (Å²) in [6, 6.07) is 0. The van der Waals surface area contributed by atoms with E-state index in [9.17, 15) is 9.59 Å². The first kappa shape index (κ1) is 21.8. The summed E-state index contributed by atoms with van der Waals surface area (Å²) in [6.45, 7) is 7.05. The number of epoxide rings is 2. The van der Waals surface area contributed by atoms with E-state index in [-0.39, 0.29) is 11.8 Å².